The normalized spacial score (nSPS) is 21.4. The Bertz CT molecular complexity index is 1210. The molecule has 2 aromatic carbocycles. The zero-order chi connectivity index (χ0) is 27.9. The van der Waals surface area contributed by atoms with Crippen LogP contribution in [0.15, 0.2) is 40.9 Å². The van der Waals surface area contributed by atoms with Gasteiger partial charge in [0, 0.05) is 29.2 Å². The number of likely N-dealkylation sites (tertiary alicyclic amines) is 1. The first kappa shape index (κ1) is 28.3. The lowest BCUT2D eigenvalue weighted by Crippen LogP contribution is -2.50. The number of fused-ring (bicyclic) bond motifs is 1. The number of methoxy groups -OCH3 is 1. The summed E-state index contributed by atoms with van der Waals surface area (Å²) in [6.45, 7) is 5.28. The number of hydrogen-bond acceptors (Lipinski definition) is 5. The first-order valence-electron chi connectivity index (χ1n) is 13.7. The molecule has 0 aromatic heterocycles. The third-order valence-electron chi connectivity index (χ3n) is 8.80. The predicted molar refractivity (Wildman–Crippen MR) is 145 cm³/mol. The highest BCUT2D eigenvalue weighted by molar-refractivity contribution is 9.10. The van der Waals surface area contributed by atoms with E-state index in [0.29, 0.717) is 29.0 Å². The number of carbonyl (C=O) groups is 1. The molecule has 3 atom stereocenters. The van der Waals surface area contributed by atoms with E-state index in [1.165, 1.54) is 18.7 Å². The number of halogens is 4. The summed E-state index contributed by atoms with van der Waals surface area (Å²) in [5.74, 6) is 0.940. The van der Waals surface area contributed by atoms with Crippen LogP contribution in [0.3, 0.4) is 0 Å². The highest BCUT2D eigenvalue weighted by atomic mass is 79.9. The lowest BCUT2D eigenvalue weighted by Gasteiger charge is -2.46. The third kappa shape index (κ3) is 6.24. The first-order chi connectivity index (χ1) is 18.5. The van der Waals surface area contributed by atoms with Crippen LogP contribution in [0.25, 0.3) is 0 Å². The minimum atomic E-state index is -4.75. The quantitative estimate of drug-likeness (QED) is 0.303. The van der Waals surface area contributed by atoms with Crippen LogP contribution in [-0.2, 0) is 16.0 Å². The second-order valence-electron chi connectivity index (χ2n) is 11.3. The zero-order valence-corrected chi connectivity index (χ0v) is 24.1. The Labute approximate surface area is 236 Å². The summed E-state index contributed by atoms with van der Waals surface area (Å²) < 4.78 is 55.9. The van der Waals surface area contributed by atoms with Crippen molar-refractivity contribution in [3.63, 3.8) is 0 Å². The van der Waals surface area contributed by atoms with Gasteiger partial charge in [0.25, 0.3) is 0 Å². The Morgan fingerprint density at radius 2 is 1.82 bits per heavy atom. The lowest BCUT2D eigenvalue weighted by atomic mass is 9.80. The van der Waals surface area contributed by atoms with Crippen molar-refractivity contribution in [3.05, 3.63) is 57.6 Å². The van der Waals surface area contributed by atoms with Crippen molar-refractivity contribution in [2.45, 2.75) is 76.3 Å². The summed E-state index contributed by atoms with van der Waals surface area (Å²) in [6.07, 6.45) is 0.894. The number of carbonyl (C=O) groups excluding carboxylic acids is 1. The van der Waals surface area contributed by atoms with Gasteiger partial charge in [0.2, 0.25) is 0 Å². The number of nitrogens with zero attached hydrogens (tertiary/aromatic N) is 1. The van der Waals surface area contributed by atoms with Gasteiger partial charge in [-0.1, -0.05) is 35.0 Å². The molecule has 0 amide bonds. The van der Waals surface area contributed by atoms with E-state index < -0.39 is 6.36 Å². The standard InChI is InChI=1S/C30H35BrF3NO4/c1-18(28(36)37-3)27(21-5-6-21)22-7-4-20-10-11-29(38-26(20)16-22)12-14-35(15-13-29)19(2)24-17-23(31)8-9-25(24)39-30(32,33)34/h4,7-9,16-19,21,27H,5-6,10-15H2,1-3H3/t18-,19?,27-/m0/s1. The van der Waals surface area contributed by atoms with E-state index in [1.54, 1.807) is 12.1 Å². The number of alkyl halides is 3. The highest BCUT2D eigenvalue weighted by Crippen LogP contribution is 2.49. The predicted octanol–water partition coefficient (Wildman–Crippen LogP) is 7.57. The average molecular weight is 611 g/mol. The maximum atomic E-state index is 13.0. The van der Waals surface area contributed by atoms with Gasteiger partial charge < -0.3 is 14.2 Å². The first-order valence-corrected chi connectivity index (χ1v) is 14.5. The number of hydrogen-bond donors (Lipinski definition) is 0. The molecule has 0 radical (unpaired) electrons. The van der Waals surface area contributed by atoms with E-state index >= 15 is 0 Å². The molecule has 2 aliphatic heterocycles. The topological polar surface area (TPSA) is 48.0 Å². The Morgan fingerprint density at radius 1 is 1.10 bits per heavy atom. The fourth-order valence-corrected chi connectivity index (χ4v) is 6.79. The smallest absolute Gasteiger partial charge is 0.487 e. The molecule has 1 spiro atoms. The van der Waals surface area contributed by atoms with Crippen LogP contribution in [0.5, 0.6) is 11.5 Å². The van der Waals surface area contributed by atoms with Gasteiger partial charge in [0.1, 0.15) is 17.1 Å². The molecule has 1 aliphatic carbocycles. The second kappa shape index (κ2) is 11.0. The fourth-order valence-electron chi connectivity index (χ4n) is 6.41. The monoisotopic (exact) mass is 609 g/mol. The summed E-state index contributed by atoms with van der Waals surface area (Å²) in [4.78, 5) is 14.6. The zero-order valence-electron chi connectivity index (χ0n) is 22.5. The number of rotatable bonds is 7. The second-order valence-corrected chi connectivity index (χ2v) is 12.2. The molecule has 2 aromatic rings. The van der Waals surface area contributed by atoms with Crippen LogP contribution in [0, 0.1) is 11.8 Å². The molecule has 0 N–H and O–H groups in total. The number of esters is 1. The summed E-state index contributed by atoms with van der Waals surface area (Å²) >= 11 is 3.39. The highest BCUT2D eigenvalue weighted by Gasteiger charge is 2.43. The molecule has 212 valence electrons. The number of benzene rings is 2. The van der Waals surface area contributed by atoms with Crippen LogP contribution in [0.4, 0.5) is 13.2 Å². The van der Waals surface area contributed by atoms with Crippen molar-refractivity contribution in [1.82, 2.24) is 4.90 Å². The van der Waals surface area contributed by atoms with E-state index in [0.717, 1.165) is 49.8 Å². The van der Waals surface area contributed by atoms with Crippen molar-refractivity contribution in [2.75, 3.05) is 20.2 Å². The van der Waals surface area contributed by atoms with Crippen LogP contribution in [0.2, 0.25) is 0 Å². The molecule has 5 nitrogen and oxygen atoms in total. The number of piperidine rings is 1. The van der Waals surface area contributed by atoms with Crippen LogP contribution in [0.1, 0.15) is 74.6 Å². The molecule has 2 fully saturated rings. The summed E-state index contributed by atoms with van der Waals surface area (Å²) in [6, 6.07) is 10.8. The molecule has 0 bridgehead atoms. The van der Waals surface area contributed by atoms with Gasteiger partial charge in [0.15, 0.2) is 0 Å². The molecular weight excluding hydrogens is 575 g/mol. The average Bonchev–Trinajstić information content (AvgIpc) is 3.73. The van der Waals surface area contributed by atoms with E-state index in [-0.39, 0.29) is 35.2 Å². The van der Waals surface area contributed by atoms with Gasteiger partial charge in [0.05, 0.1) is 13.0 Å². The molecule has 2 heterocycles. The molecular formula is C30H35BrF3NO4. The van der Waals surface area contributed by atoms with Gasteiger partial charge in [-0.2, -0.15) is 0 Å². The van der Waals surface area contributed by atoms with Crippen LogP contribution in [-0.4, -0.2) is 43.0 Å². The maximum absolute atomic E-state index is 13.0. The van der Waals surface area contributed by atoms with E-state index in [2.05, 4.69) is 43.8 Å². The van der Waals surface area contributed by atoms with Crippen molar-refractivity contribution in [3.8, 4) is 11.5 Å². The minimum Gasteiger partial charge on any atom is -0.487 e. The fraction of sp³-hybridized carbons (Fsp3) is 0.567. The molecule has 39 heavy (non-hydrogen) atoms. The van der Waals surface area contributed by atoms with Crippen molar-refractivity contribution < 1.29 is 32.2 Å². The molecule has 9 heteroatoms. The lowest BCUT2D eigenvalue weighted by molar-refractivity contribution is -0.275. The van der Waals surface area contributed by atoms with Gasteiger partial charge in [-0.3, -0.25) is 9.69 Å². The van der Waals surface area contributed by atoms with E-state index in [9.17, 15) is 18.0 Å². The Balaban J connectivity index is 1.30. The van der Waals surface area contributed by atoms with Crippen molar-refractivity contribution >= 4 is 21.9 Å². The Hall–Kier alpha value is -2.26. The molecule has 1 saturated carbocycles. The molecule has 1 unspecified atom stereocenters. The molecule has 5 rings (SSSR count). The Kier molecular flexibility index (Phi) is 7.94. The van der Waals surface area contributed by atoms with Crippen molar-refractivity contribution in [1.29, 1.82) is 0 Å². The van der Waals surface area contributed by atoms with Crippen molar-refractivity contribution in [2.24, 2.45) is 11.8 Å². The maximum Gasteiger partial charge on any atom is 0.573 e. The summed E-state index contributed by atoms with van der Waals surface area (Å²) in [5, 5.41) is 0. The SMILES string of the molecule is COC(=O)[C@@H](C)[C@H](c1ccc2c(c1)OC1(CC2)CCN(C(C)c2cc(Br)ccc2OC(F)(F)F)CC1)C1CC1. The largest absolute Gasteiger partial charge is 0.573 e. The van der Waals surface area contributed by atoms with Gasteiger partial charge in [-0.25, -0.2) is 0 Å². The molecule has 3 aliphatic rings. The molecule has 1 saturated heterocycles. The van der Waals surface area contributed by atoms with Gasteiger partial charge >= 0.3 is 12.3 Å². The van der Waals surface area contributed by atoms with E-state index in [1.807, 2.05) is 13.8 Å². The van der Waals surface area contributed by atoms with Crippen LogP contribution >= 0.6 is 15.9 Å². The van der Waals surface area contributed by atoms with Gasteiger partial charge in [-0.15, -0.1) is 13.2 Å². The number of aryl methyl sites for hydroxylation is 1. The minimum absolute atomic E-state index is 0.116. The van der Waals surface area contributed by atoms with Gasteiger partial charge in [-0.05, 0) is 92.7 Å². The number of ether oxygens (including phenoxy) is 3. The van der Waals surface area contributed by atoms with E-state index in [4.69, 9.17) is 9.47 Å². The Morgan fingerprint density at radius 3 is 2.46 bits per heavy atom. The third-order valence-corrected chi connectivity index (χ3v) is 9.29. The summed E-state index contributed by atoms with van der Waals surface area (Å²) in [5.41, 5.74) is 2.52. The van der Waals surface area contributed by atoms with Crippen LogP contribution < -0.4 is 9.47 Å². The summed E-state index contributed by atoms with van der Waals surface area (Å²) in [7, 11) is 1.44.